The molecule has 1 heterocycles. The van der Waals surface area contributed by atoms with E-state index in [0.29, 0.717) is 17.3 Å². The molecule has 0 saturated heterocycles. The normalized spacial score (nSPS) is 10.5. The highest BCUT2D eigenvalue weighted by atomic mass is 35.5. The first kappa shape index (κ1) is 11.9. The number of nitrogens with two attached hydrogens (primary N) is 1. The number of nitrogen functional groups attached to an aromatic ring is 1. The van der Waals surface area contributed by atoms with Gasteiger partial charge in [-0.3, -0.25) is 0 Å². The molecule has 90 valence electrons. The molecule has 2 rings (SSSR count). The SMILES string of the molecule is Cc1ccc(CN(C)c2cc(Cl)ccc2N)o1. The van der Waals surface area contributed by atoms with Crippen LogP contribution in [-0.2, 0) is 6.54 Å². The smallest absolute Gasteiger partial charge is 0.123 e. The lowest BCUT2D eigenvalue weighted by Crippen LogP contribution is -2.17. The van der Waals surface area contributed by atoms with E-state index in [4.69, 9.17) is 21.8 Å². The summed E-state index contributed by atoms with van der Waals surface area (Å²) in [5.74, 6) is 1.82. The lowest BCUT2D eigenvalue weighted by Gasteiger charge is -2.20. The van der Waals surface area contributed by atoms with Gasteiger partial charge in [-0.25, -0.2) is 0 Å². The zero-order chi connectivity index (χ0) is 12.4. The first-order valence-corrected chi connectivity index (χ1v) is 5.75. The Labute approximate surface area is 106 Å². The van der Waals surface area contributed by atoms with Gasteiger partial charge < -0.3 is 15.1 Å². The van der Waals surface area contributed by atoms with Gasteiger partial charge in [0.15, 0.2) is 0 Å². The average Bonchev–Trinajstić information content (AvgIpc) is 2.67. The van der Waals surface area contributed by atoms with Gasteiger partial charge in [0.25, 0.3) is 0 Å². The average molecular weight is 251 g/mol. The minimum absolute atomic E-state index is 0.665. The predicted molar refractivity (Wildman–Crippen MR) is 71.4 cm³/mol. The van der Waals surface area contributed by atoms with E-state index in [2.05, 4.69) is 0 Å². The first-order valence-electron chi connectivity index (χ1n) is 5.38. The van der Waals surface area contributed by atoms with Crippen LogP contribution in [0.15, 0.2) is 34.7 Å². The molecule has 4 heteroatoms. The molecular formula is C13H15ClN2O. The van der Waals surface area contributed by atoms with Crippen LogP contribution in [-0.4, -0.2) is 7.05 Å². The van der Waals surface area contributed by atoms with Gasteiger partial charge in [-0.1, -0.05) is 11.6 Å². The van der Waals surface area contributed by atoms with E-state index in [1.165, 1.54) is 0 Å². The van der Waals surface area contributed by atoms with Crippen molar-refractivity contribution in [3.8, 4) is 0 Å². The Bertz CT molecular complexity index is 522. The number of anilines is 2. The summed E-state index contributed by atoms with van der Waals surface area (Å²) in [6, 6.07) is 9.36. The van der Waals surface area contributed by atoms with Crippen molar-refractivity contribution in [1.29, 1.82) is 0 Å². The van der Waals surface area contributed by atoms with Gasteiger partial charge in [0.2, 0.25) is 0 Å². The Balaban J connectivity index is 2.19. The van der Waals surface area contributed by atoms with Gasteiger partial charge in [0.05, 0.1) is 17.9 Å². The molecule has 2 N–H and O–H groups in total. The molecular weight excluding hydrogens is 236 g/mol. The van der Waals surface area contributed by atoms with Gasteiger partial charge in [-0.2, -0.15) is 0 Å². The van der Waals surface area contributed by atoms with Crippen LogP contribution in [0, 0.1) is 6.92 Å². The van der Waals surface area contributed by atoms with E-state index in [1.807, 2.05) is 43.1 Å². The lowest BCUT2D eigenvalue weighted by molar-refractivity contribution is 0.482. The van der Waals surface area contributed by atoms with Crippen LogP contribution in [0.5, 0.6) is 0 Å². The molecule has 0 aliphatic heterocycles. The van der Waals surface area contributed by atoms with E-state index in [9.17, 15) is 0 Å². The fourth-order valence-corrected chi connectivity index (χ4v) is 1.90. The predicted octanol–water partition coefficient (Wildman–Crippen LogP) is 3.46. The number of aryl methyl sites for hydroxylation is 1. The monoisotopic (exact) mass is 250 g/mol. The Morgan fingerprint density at radius 3 is 2.71 bits per heavy atom. The largest absolute Gasteiger partial charge is 0.464 e. The number of hydrogen-bond donors (Lipinski definition) is 1. The molecule has 0 saturated carbocycles. The third-order valence-electron chi connectivity index (χ3n) is 2.59. The van der Waals surface area contributed by atoms with Crippen LogP contribution in [0.4, 0.5) is 11.4 Å². The number of nitrogens with zero attached hydrogens (tertiary/aromatic N) is 1. The lowest BCUT2D eigenvalue weighted by atomic mass is 10.2. The van der Waals surface area contributed by atoms with Gasteiger partial charge in [0, 0.05) is 12.1 Å². The first-order chi connectivity index (χ1) is 8.06. The number of halogens is 1. The Morgan fingerprint density at radius 1 is 1.29 bits per heavy atom. The number of hydrogen-bond acceptors (Lipinski definition) is 3. The zero-order valence-electron chi connectivity index (χ0n) is 9.90. The second-order valence-electron chi connectivity index (χ2n) is 4.07. The molecule has 3 nitrogen and oxygen atoms in total. The van der Waals surface area contributed by atoms with E-state index in [-0.39, 0.29) is 0 Å². The Hall–Kier alpha value is -1.61. The molecule has 0 spiro atoms. The Morgan fingerprint density at radius 2 is 2.06 bits per heavy atom. The molecule has 0 unspecified atom stereocenters. The van der Waals surface area contributed by atoms with Crippen LogP contribution in [0.2, 0.25) is 5.02 Å². The van der Waals surface area contributed by atoms with Crippen molar-refractivity contribution < 1.29 is 4.42 Å². The number of furan rings is 1. The minimum atomic E-state index is 0.665. The molecule has 1 aromatic heterocycles. The topological polar surface area (TPSA) is 42.4 Å². The summed E-state index contributed by atoms with van der Waals surface area (Å²) in [4.78, 5) is 2.01. The van der Waals surface area contributed by atoms with Crippen molar-refractivity contribution in [1.82, 2.24) is 0 Å². The quantitative estimate of drug-likeness (QED) is 0.849. The maximum atomic E-state index is 5.96. The standard InChI is InChI=1S/C13H15ClN2O/c1-9-3-5-11(17-9)8-16(2)13-7-10(14)4-6-12(13)15/h3-7H,8,15H2,1-2H3. The summed E-state index contributed by atoms with van der Waals surface area (Å²) in [5, 5.41) is 0.677. The summed E-state index contributed by atoms with van der Waals surface area (Å²) in [7, 11) is 1.96. The van der Waals surface area contributed by atoms with Crippen LogP contribution in [0.25, 0.3) is 0 Å². The summed E-state index contributed by atoms with van der Waals surface area (Å²) in [6.45, 7) is 2.59. The van der Waals surface area contributed by atoms with Crippen LogP contribution < -0.4 is 10.6 Å². The van der Waals surface area contributed by atoms with E-state index < -0.39 is 0 Å². The minimum Gasteiger partial charge on any atom is -0.464 e. The van der Waals surface area contributed by atoms with Crippen LogP contribution >= 0.6 is 11.6 Å². The fraction of sp³-hybridized carbons (Fsp3) is 0.231. The highest BCUT2D eigenvalue weighted by Crippen LogP contribution is 2.27. The second-order valence-corrected chi connectivity index (χ2v) is 4.51. The van der Waals surface area contributed by atoms with Gasteiger partial charge in [-0.05, 0) is 37.3 Å². The van der Waals surface area contributed by atoms with E-state index in [0.717, 1.165) is 17.2 Å². The fourth-order valence-electron chi connectivity index (χ4n) is 1.74. The van der Waals surface area contributed by atoms with E-state index >= 15 is 0 Å². The van der Waals surface area contributed by atoms with Crippen LogP contribution in [0.1, 0.15) is 11.5 Å². The third-order valence-corrected chi connectivity index (χ3v) is 2.83. The molecule has 0 fully saturated rings. The van der Waals surface area contributed by atoms with Crippen LogP contribution in [0.3, 0.4) is 0 Å². The van der Waals surface area contributed by atoms with Crippen molar-refractivity contribution in [2.24, 2.45) is 0 Å². The maximum absolute atomic E-state index is 5.96. The van der Waals surface area contributed by atoms with Gasteiger partial charge in [0.1, 0.15) is 11.5 Å². The van der Waals surface area contributed by atoms with Crippen molar-refractivity contribution in [3.63, 3.8) is 0 Å². The van der Waals surface area contributed by atoms with Crippen molar-refractivity contribution in [3.05, 3.63) is 46.9 Å². The number of benzene rings is 1. The number of rotatable bonds is 3. The summed E-state index contributed by atoms with van der Waals surface area (Å²) in [5.41, 5.74) is 7.54. The zero-order valence-corrected chi connectivity index (χ0v) is 10.7. The van der Waals surface area contributed by atoms with Crippen molar-refractivity contribution >= 4 is 23.0 Å². The summed E-state index contributed by atoms with van der Waals surface area (Å²) in [6.07, 6.45) is 0. The molecule has 1 aromatic carbocycles. The molecule has 0 atom stereocenters. The van der Waals surface area contributed by atoms with Gasteiger partial charge >= 0.3 is 0 Å². The highest BCUT2D eigenvalue weighted by Gasteiger charge is 2.08. The van der Waals surface area contributed by atoms with Crippen molar-refractivity contribution in [2.45, 2.75) is 13.5 Å². The highest BCUT2D eigenvalue weighted by molar-refractivity contribution is 6.31. The van der Waals surface area contributed by atoms with E-state index in [1.54, 1.807) is 6.07 Å². The third kappa shape index (κ3) is 2.74. The van der Waals surface area contributed by atoms with Crippen molar-refractivity contribution in [2.75, 3.05) is 17.7 Å². The molecule has 2 aromatic rings. The molecule has 0 radical (unpaired) electrons. The molecule has 0 aliphatic carbocycles. The molecule has 0 amide bonds. The molecule has 17 heavy (non-hydrogen) atoms. The molecule has 0 aliphatic rings. The summed E-state index contributed by atoms with van der Waals surface area (Å²) < 4.78 is 5.53. The summed E-state index contributed by atoms with van der Waals surface area (Å²) >= 11 is 5.96. The van der Waals surface area contributed by atoms with Gasteiger partial charge in [-0.15, -0.1) is 0 Å². The molecule has 0 bridgehead atoms. The second kappa shape index (κ2) is 4.72. The maximum Gasteiger partial charge on any atom is 0.123 e. The Kier molecular flexibility index (Phi) is 3.29.